The van der Waals surface area contributed by atoms with Crippen molar-refractivity contribution in [3.8, 4) is 11.4 Å². The number of carbonyl (C=O) groups excluding carboxylic acids is 1. The number of hydrogen-bond acceptors (Lipinski definition) is 4. The van der Waals surface area contributed by atoms with E-state index in [0.717, 1.165) is 34.7 Å². The molecule has 1 N–H and O–H groups in total. The summed E-state index contributed by atoms with van der Waals surface area (Å²) >= 11 is 0. The van der Waals surface area contributed by atoms with Crippen LogP contribution < -0.4 is 10.1 Å². The third kappa shape index (κ3) is 4.56. The second-order valence-electron chi connectivity index (χ2n) is 7.04. The Labute approximate surface area is 172 Å². The Morgan fingerprint density at radius 2 is 2.10 bits per heavy atom. The number of nitrogens with one attached hydrogen (secondary N) is 1. The van der Waals surface area contributed by atoms with E-state index in [4.69, 9.17) is 4.74 Å². The molecular formula is C22H23N3O3S. The van der Waals surface area contributed by atoms with Crippen LogP contribution in [0.3, 0.4) is 0 Å². The largest absolute Gasteiger partial charge is 0.494 e. The molecule has 0 aliphatic carbocycles. The van der Waals surface area contributed by atoms with Crippen LogP contribution in [-0.2, 0) is 22.0 Å². The number of rotatable bonds is 7. The van der Waals surface area contributed by atoms with Crippen LogP contribution in [0, 0.1) is 6.92 Å². The predicted octanol–water partition coefficient (Wildman–Crippen LogP) is 3.64. The lowest BCUT2D eigenvalue weighted by molar-refractivity contribution is -0.116. The number of hydrogen-bond donors (Lipinski definition) is 1. The third-order valence-corrected chi connectivity index (χ3v) is 6.17. The molecule has 1 atom stereocenters. The van der Waals surface area contributed by atoms with Gasteiger partial charge in [0.2, 0.25) is 11.1 Å². The van der Waals surface area contributed by atoms with Crippen molar-refractivity contribution in [1.29, 1.82) is 0 Å². The van der Waals surface area contributed by atoms with Gasteiger partial charge in [-0.25, -0.2) is 4.98 Å². The standard InChI is InChI=1S/C22H23N3O3S/c1-16-4-2-5-18(14-16)25-11-10-23-22(25)29(27)13-3-12-28-19-7-8-20-17(15-19)6-9-21(26)24-20/h2,4-5,7-8,10-11,14-15H,3,6,9,12-13H2,1H3,(H,24,26). The lowest BCUT2D eigenvalue weighted by atomic mass is 10.0. The lowest BCUT2D eigenvalue weighted by Gasteiger charge is -2.17. The fourth-order valence-corrected chi connectivity index (χ4v) is 4.48. The molecule has 1 aromatic heterocycles. The van der Waals surface area contributed by atoms with Gasteiger partial charge in [-0.05, 0) is 61.2 Å². The number of aromatic nitrogens is 2. The van der Waals surface area contributed by atoms with Gasteiger partial charge in [0.1, 0.15) is 5.75 Å². The number of benzene rings is 2. The minimum atomic E-state index is -1.21. The van der Waals surface area contributed by atoms with Crippen molar-refractivity contribution >= 4 is 22.4 Å². The minimum Gasteiger partial charge on any atom is -0.494 e. The summed E-state index contributed by atoms with van der Waals surface area (Å²) in [6, 6.07) is 13.7. The molecule has 0 saturated heterocycles. The summed E-state index contributed by atoms with van der Waals surface area (Å²) in [5, 5.41) is 3.42. The van der Waals surface area contributed by atoms with Crippen LogP contribution in [0.15, 0.2) is 60.0 Å². The molecule has 1 unspecified atom stereocenters. The number of ether oxygens (including phenoxy) is 1. The van der Waals surface area contributed by atoms with Crippen LogP contribution in [0.1, 0.15) is 24.0 Å². The topological polar surface area (TPSA) is 73.2 Å². The molecule has 0 bridgehead atoms. The van der Waals surface area contributed by atoms with E-state index in [1.807, 2.05) is 60.2 Å². The first-order chi connectivity index (χ1) is 14.1. The third-order valence-electron chi connectivity index (χ3n) is 4.81. The van der Waals surface area contributed by atoms with Crippen molar-refractivity contribution in [2.45, 2.75) is 31.3 Å². The highest BCUT2D eigenvalue weighted by molar-refractivity contribution is 7.84. The maximum Gasteiger partial charge on any atom is 0.224 e. The highest BCUT2D eigenvalue weighted by Crippen LogP contribution is 2.27. The Balaban J connectivity index is 1.32. The number of carbonyl (C=O) groups is 1. The number of imidazole rings is 1. The first-order valence-corrected chi connectivity index (χ1v) is 11.0. The van der Waals surface area contributed by atoms with Gasteiger partial charge < -0.3 is 10.1 Å². The van der Waals surface area contributed by atoms with Crippen molar-refractivity contribution in [1.82, 2.24) is 9.55 Å². The monoisotopic (exact) mass is 409 g/mol. The molecule has 0 saturated carbocycles. The molecule has 29 heavy (non-hydrogen) atoms. The number of anilines is 1. The zero-order valence-corrected chi connectivity index (χ0v) is 17.1. The summed E-state index contributed by atoms with van der Waals surface area (Å²) in [6.45, 7) is 2.51. The van der Waals surface area contributed by atoms with Gasteiger partial charge in [-0.1, -0.05) is 12.1 Å². The molecule has 7 heteroatoms. The Hall–Kier alpha value is -2.93. The fourth-order valence-electron chi connectivity index (χ4n) is 3.35. The molecule has 0 radical (unpaired) electrons. The molecular weight excluding hydrogens is 386 g/mol. The van der Waals surface area contributed by atoms with Crippen molar-refractivity contribution < 1.29 is 13.7 Å². The maximum atomic E-state index is 12.8. The van der Waals surface area contributed by atoms with Gasteiger partial charge in [0, 0.05) is 35.9 Å². The molecule has 150 valence electrons. The normalized spacial score (nSPS) is 14.2. The minimum absolute atomic E-state index is 0.0534. The molecule has 2 heterocycles. The SMILES string of the molecule is Cc1cccc(-n2ccnc2S(=O)CCCOc2ccc3c(c2)CCC(=O)N3)c1. The highest BCUT2D eigenvalue weighted by atomic mass is 32.2. The first-order valence-electron chi connectivity index (χ1n) is 9.64. The molecule has 6 nitrogen and oxygen atoms in total. The Morgan fingerprint density at radius 3 is 2.97 bits per heavy atom. The summed E-state index contributed by atoms with van der Waals surface area (Å²) < 4.78 is 20.5. The number of aryl methyl sites for hydroxylation is 2. The zero-order chi connectivity index (χ0) is 20.2. The zero-order valence-electron chi connectivity index (χ0n) is 16.3. The quantitative estimate of drug-likeness (QED) is 0.605. The van der Waals surface area contributed by atoms with Crippen LogP contribution in [0.5, 0.6) is 5.75 Å². The molecule has 3 aromatic rings. The van der Waals surface area contributed by atoms with Gasteiger partial charge in [0.05, 0.1) is 17.4 Å². The van der Waals surface area contributed by atoms with E-state index in [1.54, 1.807) is 6.20 Å². The van der Waals surface area contributed by atoms with Crippen LogP contribution in [0.25, 0.3) is 5.69 Å². The average Bonchev–Trinajstić information content (AvgIpc) is 3.21. The van der Waals surface area contributed by atoms with Crippen LogP contribution >= 0.6 is 0 Å². The van der Waals surface area contributed by atoms with Gasteiger partial charge in [-0.2, -0.15) is 0 Å². The Kier molecular flexibility index (Phi) is 5.76. The molecule has 0 fully saturated rings. The second-order valence-corrected chi connectivity index (χ2v) is 8.50. The van der Waals surface area contributed by atoms with Crippen LogP contribution in [-0.4, -0.2) is 32.0 Å². The van der Waals surface area contributed by atoms with Gasteiger partial charge in [0.15, 0.2) is 0 Å². The highest BCUT2D eigenvalue weighted by Gasteiger charge is 2.15. The van der Waals surface area contributed by atoms with E-state index < -0.39 is 10.8 Å². The van der Waals surface area contributed by atoms with E-state index in [0.29, 0.717) is 30.4 Å². The van der Waals surface area contributed by atoms with Crippen LogP contribution in [0.4, 0.5) is 5.69 Å². The van der Waals surface area contributed by atoms with Crippen molar-refractivity contribution in [2.75, 3.05) is 17.7 Å². The number of fused-ring (bicyclic) bond motifs is 1. The molecule has 1 amide bonds. The van der Waals surface area contributed by atoms with E-state index >= 15 is 0 Å². The Morgan fingerprint density at radius 1 is 1.21 bits per heavy atom. The van der Waals surface area contributed by atoms with Crippen molar-refractivity contribution in [2.24, 2.45) is 0 Å². The van der Waals surface area contributed by atoms with E-state index in [2.05, 4.69) is 10.3 Å². The smallest absolute Gasteiger partial charge is 0.224 e. The first kappa shape index (κ1) is 19.4. The predicted molar refractivity (Wildman–Crippen MR) is 113 cm³/mol. The van der Waals surface area contributed by atoms with Gasteiger partial charge in [-0.3, -0.25) is 13.6 Å². The van der Waals surface area contributed by atoms with Crippen molar-refractivity contribution in [3.05, 3.63) is 66.0 Å². The fraction of sp³-hybridized carbons (Fsp3) is 0.273. The van der Waals surface area contributed by atoms with Crippen LogP contribution in [0.2, 0.25) is 0 Å². The lowest BCUT2D eigenvalue weighted by Crippen LogP contribution is -2.18. The van der Waals surface area contributed by atoms with Gasteiger partial charge in [0.25, 0.3) is 0 Å². The summed E-state index contributed by atoms with van der Waals surface area (Å²) in [5.74, 6) is 1.30. The van der Waals surface area contributed by atoms with Gasteiger partial charge >= 0.3 is 0 Å². The maximum absolute atomic E-state index is 12.8. The molecule has 2 aromatic carbocycles. The average molecular weight is 410 g/mol. The molecule has 4 rings (SSSR count). The van der Waals surface area contributed by atoms with Crippen molar-refractivity contribution in [3.63, 3.8) is 0 Å². The summed E-state index contributed by atoms with van der Waals surface area (Å²) in [6.07, 6.45) is 5.40. The molecule has 1 aliphatic heterocycles. The molecule has 1 aliphatic rings. The summed E-state index contributed by atoms with van der Waals surface area (Å²) in [7, 11) is -1.21. The Bertz CT molecular complexity index is 1060. The summed E-state index contributed by atoms with van der Waals surface area (Å²) in [5.41, 5.74) is 4.05. The number of nitrogens with zero attached hydrogens (tertiary/aromatic N) is 2. The second kappa shape index (κ2) is 8.61. The molecule has 0 spiro atoms. The number of amides is 1. The van der Waals surface area contributed by atoms with Gasteiger partial charge in [-0.15, -0.1) is 0 Å². The summed E-state index contributed by atoms with van der Waals surface area (Å²) in [4.78, 5) is 15.7. The van der Waals surface area contributed by atoms with E-state index in [-0.39, 0.29) is 5.91 Å². The van der Waals surface area contributed by atoms with E-state index in [1.165, 1.54) is 0 Å². The van der Waals surface area contributed by atoms with E-state index in [9.17, 15) is 9.00 Å².